The zero-order valence-corrected chi connectivity index (χ0v) is 12.6. The summed E-state index contributed by atoms with van der Waals surface area (Å²) in [7, 11) is 3.91. The molecule has 3 aromatic rings. The summed E-state index contributed by atoms with van der Waals surface area (Å²) in [5.74, 6) is 2.61. The third-order valence-electron chi connectivity index (χ3n) is 3.69. The van der Waals surface area contributed by atoms with Crippen LogP contribution in [0.25, 0.3) is 22.0 Å². The van der Waals surface area contributed by atoms with E-state index < -0.39 is 0 Å². The van der Waals surface area contributed by atoms with E-state index in [1.165, 1.54) is 0 Å². The fraction of sp³-hybridized carbons (Fsp3) is 0.105. The van der Waals surface area contributed by atoms with Gasteiger partial charge in [0.25, 0.3) is 5.56 Å². The molecule has 0 amide bonds. The highest BCUT2D eigenvalue weighted by Gasteiger charge is 2.06. The van der Waals surface area contributed by atoms with Gasteiger partial charge in [0.05, 0.1) is 0 Å². The largest absolute Gasteiger partial charge is 0.378 e. The standard InChI is InChI=1S/C19H16N2O/c1-4-13-6-5-7-15(10-13)18-11-14-8-9-16(21(2)3)12-17(14)19(22)20-18/h1,5-12H,2-3H3,(H,20,22). The molecule has 1 aromatic heterocycles. The summed E-state index contributed by atoms with van der Waals surface area (Å²) in [4.78, 5) is 17.3. The fourth-order valence-electron chi connectivity index (χ4n) is 2.46. The number of anilines is 1. The molecular weight excluding hydrogens is 272 g/mol. The molecule has 0 unspecified atom stereocenters. The minimum atomic E-state index is -0.0951. The molecule has 0 atom stereocenters. The number of aromatic nitrogens is 1. The number of hydrogen-bond acceptors (Lipinski definition) is 2. The molecule has 0 saturated heterocycles. The number of rotatable bonds is 2. The Bertz CT molecular complexity index is 946. The van der Waals surface area contributed by atoms with E-state index in [9.17, 15) is 4.79 Å². The number of aromatic amines is 1. The van der Waals surface area contributed by atoms with Crippen LogP contribution in [0.15, 0.2) is 53.3 Å². The van der Waals surface area contributed by atoms with Gasteiger partial charge in [-0.25, -0.2) is 0 Å². The third-order valence-corrected chi connectivity index (χ3v) is 3.69. The van der Waals surface area contributed by atoms with E-state index in [0.29, 0.717) is 5.39 Å². The second kappa shape index (κ2) is 5.42. The molecule has 1 N–H and O–H groups in total. The molecule has 0 aliphatic heterocycles. The minimum absolute atomic E-state index is 0.0951. The van der Waals surface area contributed by atoms with Crippen LogP contribution in [0.1, 0.15) is 5.56 Å². The number of nitrogens with zero attached hydrogens (tertiary/aromatic N) is 1. The molecule has 0 saturated carbocycles. The SMILES string of the molecule is C#Cc1cccc(-c2cc3ccc(N(C)C)cc3c(=O)[nH]2)c1. The lowest BCUT2D eigenvalue weighted by atomic mass is 10.0. The molecule has 2 aromatic carbocycles. The summed E-state index contributed by atoms with van der Waals surface area (Å²) in [5.41, 5.74) is 3.38. The maximum atomic E-state index is 12.4. The molecule has 0 aliphatic rings. The van der Waals surface area contributed by atoms with Crippen LogP contribution in [0.3, 0.4) is 0 Å². The van der Waals surface area contributed by atoms with Gasteiger partial charge in [0, 0.05) is 36.4 Å². The van der Waals surface area contributed by atoms with Gasteiger partial charge in [-0.05, 0) is 41.3 Å². The van der Waals surface area contributed by atoms with Crippen LogP contribution in [0, 0.1) is 12.3 Å². The number of fused-ring (bicyclic) bond motifs is 1. The summed E-state index contributed by atoms with van der Waals surface area (Å²) in [6, 6.07) is 15.4. The van der Waals surface area contributed by atoms with E-state index in [2.05, 4.69) is 10.9 Å². The molecule has 3 nitrogen and oxygen atoms in total. The van der Waals surface area contributed by atoms with E-state index >= 15 is 0 Å². The predicted molar refractivity (Wildman–Crippen MR) is 92.3 cm³/mol. The molecule has 1 heterocycles. The van der Waals surface area contributed by atoms with E-state index in [-0.39, 0.29) is 5.56 Å². The van der Waals surface area contributed by atoms with Gasteiger partial charge in [-0.2, -0.15) is 0 Å². The summed E-state index contributed by atoms with van der Waals surface area (Å²) >= 11 is 0. The number of pyridine rings is 1. The quantitative estimate of drug-likeness (QED) is 0.735. The van der Waals surface area contributed by atoms with Crippen LogP contribution < -0.4 is 10.5 Å². The Hall–Kier alpha value is -2.99. The van der Waals surface area contributed by atoms with E-state index in [1.54, 1.807) is 0 Å². The van der Waals surface area contributed by atoms with E-state index in [4.69, 9.17) is 6.42 Å². The lowest BCUT2D eigenvalue weighted by molar-refractivity contribution is 1.13. The van der Waals surface area contributed by atoms with Crippen LogP contribution in [-0.4, -0.2) is 19.1 Å². The summed E-state index contributed by atoms with van der Waals surface area (Å²) in [6.07, 6.45) is 5.44. The summed E-state index contributed by atoms with van der Waals surface area (Å²) in [6.45, 7) is 0. The predicted octanol–water partition coefficient (Wildman–Crippen LogP) is 3.24. The molecule has 3 rings (SSSR count). The van der Waals surface area contributed by atoms with Crippen molar-refractivity contribution in [2.24, 2.45) is 0 Å². The number of benzene rings is 2. The molecule has 108 valence electrons. The van der Waals surface area contributed by atoms with Crippen LogP contribution in [0.5, 0.6) is 0 Å². The number of nitrogens with one attached hydrogen (secondary N) is 1. The number of hydrogen-bond donors (Lipinski definition) is 1. The highest BCUT2D eigenvalue weighted by atomic mass is 16.1. The van der Waals surface area contributed by atoms with Gasteiger partial charge in [0.1, 0.15) is 0 Å². The first kappa shape index (κ1) is 14.0. The maximum Gasteiger partial charge on any atom is 0.256 e. The van der Waals surface area contributed by atoms with Gasteiger partial charge in [0.2, 0.25) is 0 Å². The Morgan fingerprint density at radius 1 is 1.09 bits per heavy atom. The summed E-state index contributed by atoms with van der Waals surface area (Å²) in [5, 5.41) is 1.60. The van der Waals surface area contributed by atoms with Crippen LogP contribution in [0.2, 0.25) is 0 Å². The Kier molecular flexibility index (Phi) is 3.44. The zero-order valence-electron chi connectivity index (χ0n) is 12.6. The van der Waals surface area contributed by atoms with Crippen molar-refractivity contribution in [3.8, 4) is 23.6 Å². The molecule has 0 radical (unpaired) electrons. The van der Waals surface area contributed by atoms with Crippen molar-refractivity contribution in [2.75, 3.05) is 19.0 Å². The van der Waals surface area contributed by atoms with Gasteiger partial charge in [0.15, 0.2) is 0 Å². The normalized spacial score (nSPS) is 10.4. The van der Waals surface area contributed by atoms with Crippen molar-refractivity contribution in [3.63, 3.8) is 0 Å². The molecular formula is C19H16N2O. The van der Waals surface area contributed by atoms with Crippen molar-refractivity contribution in [1.82, 2.24) is 4.98 Å². The zero-order chi connectivity index (χ0) is 15.7. The van der Waals surface area contributed by atoms with Gasteiger partial charge in [-0.15, -0.1) is 6.42 Å². The fourth-order valence-corrected chi connectivity index (χ4v) is 2.46. The van der Waals surface area contributed by atoms with Crippen molar-refractivity contribution in [1.29, 1.82) is 0 Å². The van der Waals surface area contributed by atoms with Crippen molar-refractivity contribution < 1.29 is 0 Å². The lowest BCUT2D eigenvalue weighted by Crippen LogP contribution is -2.11. The van der Waals surface area contributed by atoms with Gasteiger partial charge in [-0.3, -0.25) is 4.79 Å². The summed E-state index contributed by atoms with van der Waals surface area (Å²) < 4.78 is 0. The molecule has 0 fully saturated rings. The molecule has 3 heteroatoms. The first-order valence-corrected chi connectivity index (χ1v) is 7.00. The molecule has 0 spiro atoms. The van der Waals surface area contributed by atoms with Crippen molar-refractivity contribution in [3.05, 3.63) is 64.4 Å². The highest BCUT2D eigenvalue weighted by molar-refractivity contribution is 5.88. The topological polar surface area (TPSA) is 36.1 Å². The molecule has 22 heavy (non-hydrogen) atoms. The van der Waals surface area contributed by atoms with Gasteiger partial charge >= 0.3 is 0 Å². The highest BCUT2D eigenvalue weighted by Crippen LogP contribution is 2.23. The number of H-pyrrole nitrogens is 1. The Morgan fingerprint density at radius 3 is 2.64 bits per heavy atom. The first-order valence-electron chi connectivity index (χ1n) is 7.00. The van der Waals surface area contributed by atoms with Gasteiger partial charge in [-0.1, -0.05) is 24.1 Å². The monoisotopic (exact) mass is 288 g/mol. The van der Waals surface area contributed by atoms with E-state index in [1.807, 2.05) is 67.5 Å². The van der Waals surface area contributed by atoms with Crippen LogP contribution >= 0.6 is 0 Å². The Morgan fingerprint density at radius 2 is 1.91 bits per heavy atom. The average Bonchev–Trinajstić information content (AvgIpc) is 2.54. The third kappa shape index (κ3) is 2.47. The lowest BCUT2D eigenvalue weighted by Gasteiger charge is -2.13. The second-order valence-corrected chi connectivity index (χ2v) is 5.40. The van der Waals surface area contributed by atoms with E-state index in [0.717, 1.165) is 27.9 Å². The Labute approximate surface area is 129 Å². The van der Waals surface area contributed by atoms with Crippen molar-refractivity contribution >= 4 is 16.5 Å². The Balaban J connectivity index is 2.19. The average molecular weight is 288 g/mol. The van der Waals surface area contributed by atoms with Crippen LogP contribution in [-0.2, 0) is 0 Å². The first-order chi connectivity index (χ1) is 10.6. The van der Waals surface area contributed by atoms with Crippen molar-refractivity contribution in [2.45, 2.75) is 0 Å². The van der Waals surface area contributed by atoms with Crippen LogP contribution in [0.4, 0.5) is 5.69 Å². The second-order valence-electron chi connectivity index (χ2n) is 5.40. The van der Waals surface area contributed by atoms with Gasteiger partial charge < -0.3 is 9.88 Å². The number of terminal acetylenes is 1. The smallest absolute Gasteiger partial charge is 0.256 e. The molecule has 0 aliphatic carbocycles. The molecule has 0 bridgehead atoms. The minimum Gasteiger partial charge on any atom is -0.378 e. The maximum absolute atomic E-state index is 12.4.